The van der Waals surface area contributed by atoms with E-state index in [0.29, 0.717) is 5.56 Å². The van der Waals surface area contributed by atoms with Crippen LogP contribution in [0.2, 0.25) is 0 Å². The topological polar surface area (TPSA) is 26.3 Å². The van der Waals surface area contributed by atoms with E-state index in [4.69, 9.17) is 4.74 Å². The predicted molar refractivity (Wildman–Crippen MR) is 97.6 cm³/mol. The van der Waals surface area contributed by atoms with Crippen LogP contribution in [0.15, 0.2) is 61.7 Å². The molecule has 0 saturated carbocycles. The molecule has 23 heavy (non-hydrogen) atoms. The summed E-state index contributed by atoms with van der Waals surface area (Å²) in [6, 6.07) is 13.4. The highest BCUT2D eigenvalue weighted by Gasteiger charge is 2.07. The predicted octanol–water partition coefficient (Wildman–Crippen LogP) is 5.27. The second-order valence-electron chi connectivity index (χ2n) is 5.18. The molecule has 0 fully saturated rings. The van der Waals surface area contributed by atoms with Gasteiger partial charge >= 0.3 is 0 Å². The third-order valence-electron chi connectivity index (χ3n) is 3.64. The van der Waals surface area contributed by atoms with Crippen LogP contribution in [0.1, 0.15) is 34.0 Å². The molecule has 0 radical (unpaired) electrons. The second-order valence-corrected chi connectivity index (χ2v) is 5.18. The molecule has 0 unspecified atom stereocenters. The monoisotopic (exact) mass is 304 g/mol. The minimum Gasteiger partial charge on any atom is -0.497 e. The van der Waals surface area contributed by atoms with Crippen molar-refractivity contribution < 1.29 is 9.53 Å². The number of hydrogen-bond donors (Lipinski definition) is 0. The van der Waals surface area contributed by atoms with Crippen molar-refractivity contribution in [2.24, 2.45) is 0 Å². The lowest BCUT2D eigenvalue weighted by atomic mass is 9.97. The Labute approximate surface area is 137 Å². The van der Waals surface area contributed by atoms with Gasteiger partial charge in [0, 0.05) is 5.56 Å². The van der Waals surface area contributed by atoms with Gasteiger partial charge in [-0.25, -0.2) is 0 Å². The molecule has 0 aliphatic carbocycles. The number of carbonyl (C=O) groups excluding carboxylic acids is 1. The number of methoxy groups -OCH3 is 1. The van der Waals surface area contributed by atoms with E-state index < -0.39 is 0 Å². The number of hydrogen-bond acceptors (Lipinski definition) is 2. The quantitative estimate of drug-likeness (QED) is 0.413. The van der Waals surface area contributed by atoms with Gasteiger partial charge in [0.15, 0.2) is 5.78 Å². The summed E-state index contributed by atoms with van der Waals surface area (Å²) >= 11 is 0. The van der Waals surface area contributed by atoms with Gasteiger partial charge in [0.2, 0.25) is 0 Å². The minimum atomic E-state index is -0.0814. The van der Waals surface area contributed by atoms with Gasteiger partial charge in [-0.3, -0.25) is 4.79 Å². The fourth-order valence-electron chi connectivity index (χ4n) is 2.36. The second kappa shape index (κ2) is 7.41. The van der Waals surface area contributed by atoms with E-state index in [1.807, 2.05) is 55.5 Å². The molecule has 2 aromatic carbocycles. The van der Waals surface area contributed by atoms with Crippen LogP contribution in [0.4, 0.5) is 0 Å². The molecule has 0 heterocycles. The number of ether oxygens (including phenoxy) is 1. The molecule has 0 bridgehead atoms. The van der Waals surface area contributed by atoms with Crippen LogP contribution in [-0.2, 0) is 0 Å². The number of benzene rings is 2. The van der Waals surface area contributed by atoms with E-state index in [2.05, 4.69) is 13.2 Å². The van der Waals surface area contributed by atoms with E-state index in [-0.39, 0.29) is 5.78 Å². The van der Waals surface area contributed by atoms with E-state index in [1.54, 1.807) is 13.2 Å². The van der Waals surface area contributed by atoms with Crippen molar-refractivity contribution in [2.75, 3.05) is 7.11 Å². The van der Waals surface area contributed by atoms with Crippen molar-refractivity contribution in [3.63, 3.8) is 0 Å². The van der Waals surface area contributed by atoms with Crippen LogP contribution in [0.3, 0.4) is 0 Å². The molecule has 0 saturated heterocycles. The molecule has 2 aromatic rings. The van der Waals surface area contributed by atoms with Gasteiger partial charge in [0.05, 0.1) is 7.11 Å². The zero-order chi connectivity index (χ0) is 16.8. The molecular weight excluding hydrogens is 284 g/mol. The third-order valence-corrected chi connectivity index (χ3v) is 3.64. The Balaban J connectivity index is 2.50. The van der Waals surface area contributed by atoms with Crippen LogP contribution < -0.4 is 4.74 Å². The lowest BCUT2D eigenvalue weighted by Crippen LogP contribution is -1.97. The number of carbonyl (C=O) groups is 1. The SMILES string of the molecule is C=CC(=O)c1ccccc1/C=C(\C)c1cc(C=C)cc(OC)c1. The summed E-state index contributed by atoms with van der Waals surface area (Å²) in [5.41, 5.74) is 4.57. The number of allylic oxidation sites excluding steroid dienone is 2. The Morgan fingerprint density at radius 3 is 2.52 bits per heavy atom. The van der Waals surface area contributed by atoms with Gasteiger partial charge in [0.1, 0.15) is 5.75 Å². The van der Waals surface area contributed by atoms with E-state index >= 15 is 0 Å². The molecule has 2 heteroatoms. The van der Waals surface area contributed by atoms with Gasteiger partial charge in [-0.2, -0.15) is 0 Å². The first-order valence-corrected chi connectivity index (χ1v) is 7.35. The van der Waals surface area contributed by atoms with E-state index in [0.717, 1.165) is 28.0 Å². The molecule has 0 atom stereocenters. The van der Waals surface area contributed by atoms with Crippen molar-refractivity contribution in [1.82, 2.24) is 0 Å². The maximum atomic E-state index is 12.0. The fraction of sp³-hybridized carbons (Fsp3) is 0.0952. The number of rotatable bonds is 6. The molecule has 116 valence electrons. The fourth-order valence-corrected chi connectivity index (χ4v) is 2.36. The van der Waals surface area contributed by atoms with Crippen LogP contribution in [-0.4, -0.2) is 12.9 Å². The highest BCUT2D eigenvalue weighted by Crippen LogP contribution is 2.26. The van der Waals surface area contributed by atoms with Crippen molar-refractivity contribution >= 4 is 23.5 Å². The van der Waals surface area contributed by atoms with Crippen LogP contribution >= 0.6 is 0 Å². The first kappa shape index (κ1) is 16.5. The number of ketones is 1. The first-order chi connectivity index (χ1) is 11.1. The van der Waals surface area contributed by atoms with Gasteiger partial charge in [0.25, 0.3) is 0 Å². The molecule has 0 aliphatic rings. The van der Waals surface area contributed by atoms with Crippen LogP contribution in [0, 0.1) is 0 Å². The summed E-state index contributed by atoms with van der Waals surface area (Å²) in [6.45, 7) is 9.38. The summed E-state index contributed by atoms with van der Waals surface area (Å²) in [5.74, 6) is 0.697. The third kappa shape index (κ3) is 3.86. The van der Waals surface area contributed by atoms with Crippen molar-refractivity contribution in [2.45, 2.75) is 6.92 Å². The van der Waals surface area contributed by atoms with Crippen molar-refractivity contribution in [3.8, 4) is 5.75 Å². The average molecular weight is 304 g/mol. The van der Waals surface area contributed by atoms with Crippen molar-refractivity contribution in [1.29, 1.82) is 0 Å². The molecule has 0 aromatic heterocycles. The summed E-state index contributed by atoms with van der Waals surface area (Å²) in [5, 5.41) is 0. The molecular formula is C21H20O2. The summed E-state index contributed by atoms with van der Waals surface area (Å²) < 4.78 is 5.33. The van der Waals surface area contributed by atoms with E-state index in [9.17, 15) is 4.79 Å². The van der Waals surface area contributed by atoms with Gasteiger partial charge in [-0.05, 0) is 53.5 Å². The summed E-state index contributed by atoms with van der Waals surface area (Å²) in [4.78, 5) is 12.0. The van der Waals surface area contributed by atoms with Crippen LogP contribution in [0.5, 0.6) is 5.75 Å². The maximum Gasteiger partial charge on any atom is 0.185 e. The summed E-state index contributed by atoms with van der Waals surface area (Å²) in [6.07, 6.45) is 5.12. The molecule has 2 nitrogen and oxygen atoms in total. The normalized spacial score (nSPS) is 11.0. The summed E-state index contributed by atoms with van der Waals surface area (Å²) in [7, 11) is 1.64. The molecule has 0 N–H and O–H groups in total. The zero-order valence-corrected chi connectivity index (χ0v) is 13.5. The smallest absolute Gasteiger partial charge is 0.185 e. The minimum absolute atomic E-state index is 0.0814. The zero-order valence-electron chi connectivity index (χ0n) is 13.5. The highest BCUT2D eigenvalue weighted by molar-refractivity contribution is 6.07. The lowest BCUT2D eigenvalue weighted by molar-refractivity contribution is 0.104. The van der Waals surface area contributed by atoms with Crippen molar-refractivity contribution in [3.05, 3.63) is 84.0 Å². The van der Waals surface area contributed by atoms with Gasteiger partial charge in [-0.1, -0.05) is 49.6 Å². The molecule has 0 amide bonds. The maximum absolute atomic E-state index is 12.0. The van der Waals surface area contributed by atoms with Gasteiger partial charge < -0.3 is 4.74 Å². The first-order valence-electron chi connectivity index (χ1n) is 7.35. The van der Waals surface area contributed by atoms with E-state index in [1.165, 1.54) is 6.08 Å². The Kier molecular flexibility index (Phi) is 5.32. The van der Waals surface area contributed by atoms with Gasteiger partial charge in [-0.15, -0.1) is 0 Å². The largest absolute Gasteiger partial charge is 0.497 e. The van der Waals surface area contributed by atoms with Crippen LogP contribution in [0.25, 0.3) is 17.7 Å². The molecule has 0 aliphatic heterocycles. The Morgan fingerprint density at radius 2 is 1.87 bits per heavy atom. The Bertz CT molecular complexity index is 782. The standard InChI is InChI=1S/C21H20O2/c1-5-16-12-18(14-19(13-16)23-4)15(3)11-17-9-7-8-10-20(17)21(22)6-2/h5-14H,1-2H2,3-4H3/b15-11+. The highest BCUT2D eigenvalue weighted by atomic mass is 16.5. The lowest BCUT2D eigenvalue weighted by Gasteiger charge is -2.09. The average Bonchev–Trinajstić information content (AvgIpc) is 2.60. The molecule has 2 rings (SSSR count). The Morgan fingerprint density at radius 1 is 1.13 bits per heavy atom. The molecule has 0 spiro atoms. The Hall–Kier alpha value is -2.87.